The predicted octanol–water partition coefficient (Wildman–Crippen LogP) is 0.427. The third-order valence-electron chi connectivity index (χ3n) is 3.88. The maximum absolute atomic E-state index is 12.3. The van der Waals surface area contributed by atoms with Gasteiger partial charge in [-0.15, -0.1) is 0 Å². The van der Waals surface area contributed by atoms with Crippen LogP contribution in [0.1, 0.15) is 17.5 Å². The van der Waals surface area contributed by atoms with Crippen molar-refractivity contribution in [1.82, 2.24) is 29.9 Å². The normalized spacial score (nSPS) is 16.0. The summed E-state index contributed by atoms with van der Waals surface area (Å²) in [5.41, 5.74) is 0. The number of carbonyl (C=O) groups excluding carboxylic acids is 2. The summed E-state index contributed by atoms with van der Waals surface area (Å²) in [4.78, 5) is 31.8. The van der Waals surface area contributed by atoms with Gasteiger partial charge < -0.3 is 19.5 Å². The number of aromatic nitrogens is 3. The maximum atomic E-state index is 12.3. The molecule has 1 aliphatic rings. The number of amides is 3. The van der Waals surface area contributed by atoms with Crippen molar-refractivity contribution in [1.29, 1.82) is 0 Å². The van der Waals surface area contributed by atoms with Gasteiger partial charge in [-0.2, -0.15) is 5.10 Å². The summed E-state index contributed by atoms with van der Waals surface area (Å²) in [6.07, 6.45) is 4.55. The molecule has 128 valence electrons. The Morgan fingerprint density at radius 2 is 2.04 bits per heavy atom. The number of carbonyl (C=O) groups is 2. The van der Waals surface area contributed by atoms with Gasteiger partial charge in [0.2, 0.25) is 0 Å². The molecule has 9 heteroatoms. The Labute approximate surface area is 139 Å². The molecule has 1 aliphatic heterocycles. The molecule has 9 nitrogen and oxygen atoms in total. The van der Waals surface area contributed by atoms with Crippen molar-refractivity contribution in [2.75, 3.05) is 26.2 Å². The Morgan fingerprint density at radius 1 is 1.29 bits per heavy atom. The van der Waals surface area contributed by atoms with Gasteiger partial charge in [0, 0.05) is 32.2 Å². The van der Waals surface area contributed by atoms with Gasteiger partial charge in [0.1, 0.15) is 12.7 Å². The molecule has 0 bridgehead atoms. The van der Waals surface area contributed by atoms with E-state index in [1.165, 1.54) is 12.6 Å². The minimum atomic E-state index is -0.139. The summed E-state index contributed by atoms with van der Waals surface area (Å²) < 4.78 is 6.80. The topological polar surface area (TPSA) is 96.5 Å². The molecule has 0 saturated carbocycles. The second-order valence-electron chi connectivity index (χ2n) is 5.72. The van der Waals surface area contributed by atoms with Gasteiger partial charge in [0.25, 0.3) is 5.91 Å². The van der Waals surface area contributed by atoms with Crippen LogP contribution in [0.15, 0.2) is 35.5 Å². The second-order valence-corrected chi connectivity index (χ2v) is 5.72. The highest BCUT2D eigenvalue weighted by Crippen LogP contribution is 2.09. The lowest BCUT2D eigenvalue weighted by atomic mass is 10.3. The molecule has 0 radical (unpaired) electrons. The molecule has 1 atom stereocenters. The highest BCUT2D eigenvalue weighted by Gasteiger charge is 2.26. The zero-order valence-corrected chi connectivity index (χ0v) is 13.5. The van der Waals surface area contributed by atoms with Crippen LogP contribution in [-0.2, 0) is 6.54 Å². The summed E-state index contributed by atoms with van der Waals surface area (Å²) >= 11 is 0. The Hall–Kier alpha value is -2.84. The van der Waals surface area contributed by atoms with E-state index < -0.39 is 0 Å². The molecule has 3 rings (SSSR count). The number of piperazine rings is 1. The standard InChI is InChI=1S/C15H20N6O3/c1-12(9-21-11-16-10-17-21)18-15(23)20-6-4-19(5-7-20)14(22)13-3-2-8-24-13/h2-3,8,10-12H,4-7,9H2,1H3,(H,18,23). The first-order valence-electron chi connectivity index (χ1n) is 7.84. The van der Waals surface area contributed by atoms with Gasteiger partial charge in [0.05, 0.1) is 12.8 Å². The Bertz CT molecular complexity index is 661. The third kappa shape index (κ3) is 3.73. The molecule has 1 fully saturated rings. The van der Waals surface area contributed by atoms with E-state index in [9.17, 15) is 9.59 Å². The summed E-state index contributed by atoms with van der Waals surface area (Å²) in [5.74, 6) is 0.189. The predicted molar refractivity (Wildman–Crippen MR) is 84.2 cm³/mol. The Balaban J connectivity index is 1.45. The molecular weight excluding hydrogens is 312 g/mol. The van der Waals surface area contributed by atoms with E-state index >= 15 is 0 Å². The molecule has 1 unspecified atom stereocenters. The van der Waals surface area contributed by atoms with Crippen LogP contribution in [0.2, 0.25) is 0 Å². The Kier molecular flexibility index (Phi) is 4.78. The number of furan rings is 1. The van der Waals surface area contributed by atoms with Crippen LogP contribution in [0, 0.1) is 0 Å². The van der Waals surface area contributed by atoms with Gasteiger partial charge >= 0.3 is 6.03 Å². The fraction of sp³-hybridized carbons (Fsp3) is 0.467. The first kappa shape index (κ1) is 16.0. The van der Waals surface area contributed by atoms with Gasteiger partial charge in [-0.05, 0) is 19.1 Å². The molecule has 1 N–H and O–H groups in total. The average Bonchev–Trinajstić information content (AvgIpc) is 3.27. The summed E-state index contributed by atoms with van der Waals surface area (Å²) in [5, 5.41) is 6.95. The number of rotatable bonds is 4. The first-order chi connectivity index (χ1) is 11.6. The highest BCUT2D eigenvalue weighted by atomic mass is 16.3. The lowest BCUT2D eigenvalue weighted by Gasteiger charge is -2.34. The van der Waals surface area contributed by atoms with E-state index in [4.69, 9.17) is 4.42 Å². The lowest BCUT2D eigenvalue weighted by molar-refractivity contribution is 0.0632. The maximum Gasteiger partial charge on any atom is 0.317 e. The van der Waals surface area contributed by atoms with Crippen LogP contribution in [0.25, 0.3) is 0 Å². The van der Waals surface area contributed by atoms with Crippen LogP contribution in [0.4, 0.5) is 4.79 Å². The molecule has 0 aromatic carbocycles. The largest absolute Gasteiger partial charge is 0.459 e. The van der Waals surface area contributed by atoms with E-state index in [1.54, 1.807) is 32.9 Å². The van der Waals surface area contributed by atoms with Crippen molar-refractivity contribution in [2.45, 2.75) is 19.5 Å². The minimum Gasteiger partial charge on any atom is -0.459 e. The van der Waals surface area contributed by atoms with Crippen LogP contribution in [0.3, 0.4) is 0 Å². The molecule has 0 spiro atoms. The van der Waals surface area contributed by atoms with E-state index in [0.29, 0.717) is 38.5 Å². The summed E-state index contributed by atoms with van der Waals surface area (Å²) in [6, 6.07) is 3.13. The number of nitrogens with zero attached hydrogens (tertiary/aromatic N) is 5. The highest BCUT2D eigenvalue weighted by molar-refractivity contribution is 5.91. The zero-order chi connectivity index (χ0) is 16.9. The van der Waals surface area contributed by atoms with Gasteiger partial charge in [-0.3, -0.25) is 9.48 Å². The number of hydrogen-bond donors (Lipinski definition) is 1. The van der Waals surface area contributed by atoms with Crippen molar-refractivity contribution >= 4 is 11.9 Å². The molecule has 1 saturated heterocycles. The lowest BCUT2D eigenvalue weighted by Crippen LogP contribution is -2.54. The molecule has 2 aromatic heterocycles. The number of nitrogens with one attached hydrogen (secondary N) is 1. The summed E-state index contributed by atoms with van der Waals surface area (Å²) in [6.45, 7) is 4.44. The van der Waals surface area contributed by atoms with E-state index in [2.05, 4.69) is 15.4 Å². The molecule has 3 heterocycles. The molecular formula is C15H20N6O3. The monoisotopic (exact) mass is 332 g/mol. The summed E-state index contributed by atoms with van der Waals surface area (Å²) in [7, 11) is 0. The minimum absolute atomic E-state index is 0.0676. The van der Waals surface area contributed by atoms with E-state index in [1.807, 2.05) is 6.92 Å². The Morgan fingerprint density at radius 3 is 2.67 bits per heavy atom. The molecule has 3 amide bonds. The van der Waals surface area contributed by atoms with E-state index in [0.717, 1.165) is 0 Å². The van der Waals surface area contributed by atoms with Crippen molar-refractivity contribution in [3.05, 3.63) is 36.8 Å². The van der Waals surface area contributed by atoms with E-state index in [-0.39, 0.29) is 18.0 Å². The quantitative estimate of drug-likeness (QED) is 0.876. The fourth-order valence-corrected chi connectivity index (χ4v) is 2.62. The number of hydrogen-bond acceptors (Lipinski definition) is 5. The third-order valence-corrected chi connectivity index (χ3v) is 3.88. The van der Waals surface area contributed by atoms with Crippen molar-refractivity contribution in [2.24, 2.45) is 0 Å². The van der Waals surface area contributed by atoms with Gasteiger partial charge in [0.15, 0.2) is 5.76 Å². The van der Waals surface area contributed by atoms with Crippen LogP contribution in [0.5, 0.6) is 0 Å². The zero-order valence-electron chi connectivity index (χ0n) is 13.5. The second kappa shape index (κ2) is 7.16. The average molecular weight is 332 g/mol. The first-order valence-corrected chi connectivity index (χ1v) is 7.84. The van der Waals surface area contributed by atoms with Gasteiger partial charge in [-0.1, -0.05) is 0 Å². The van der Waals surface area contributed by atoms with Crippen molar-refractivity contribution in [3.8, 4) is 0 Å². The SMILES string of the molecule is CC(Cn1cncn1)NC(=O)N1CCN(C(=O)c2ccco2)CC1. The van der Waals surface area contributed by atoms with Crippen molar-refractivity contribution < 1.29 is 14.0 Å². The van der Waals surface area contributed by atoms with Gasteiger partial charge in [-0.25, -0.2) is 9.78 Å². The fourth-order valence-electron chi connectivity index (χ4n) is 2.62. The smallest absolute Gasteiger partial charge is 0.317 e. The molecule has 2 aromatic rings. The van der Waals surface area contributed by atoms with Crippen LogP contribution < -0.4 is 5.32 Å². The van der Waals surface area contributed by atoms with Crippen molar-refractivity contribution in [3.63, 3.8) is 0 Å². The number of urea groups is 1. The van der Waals surface area contributed by atoms with Crippen LogP contribution >= 0.6 is 0 Å². The molecule has 24 heavy (non-hydrogen) atoms. The molecule has 0 aliphatic carbocycles. The van der Waals surface area contributed by atoms with Crippen LogP contribution in [-0.4, -0.2) is 68.7 Å².